The summed E-state index contributed by atoms with van der Waals surface area (Å²) in [5.74, 6) is 0.268. The Bertz CT molecular complexity index is 483. The van der Waals surface area contributed by atoms with Gasteiger partial charge in [-0.2, -0.15) is 13.2 Å². The Labute approximate surface area is 129 Å². The highest BCUT2D eigenvalue weighted by Gasteiger charge is 2.31. The Morgan fingerprint density at radius 1 is 1.09 bits per heavy atom. The number of hydrogen-bond donors (Lipinski definition) is 0. The number of halogens is 3. The van der Waals surface area contributed by atoms with Gasteiger partial charge in [0, 0.05) is 26.2 Å². The van der Waals surface area contributed by atoms with Crippen LogP contribution >= 0.6 is 0 Å². The second-order valence-electron chi connectivity index (χ2n) is 5.82. The third-order valence-electron chi connectivity index (χ3n) is 4.07. The number of likely N-dealkylation sites (N-methyl/N-ethyl adjacent to an activating group) is 1. The predicted molar refractivity (Wildman–Crippen MR) is 80.3 cm³/mol. The zero-order valence-electron chi connectivity index (χ0n) is 13.1. The van der Waals surface area contributed by atoms with E-state index in [1.807, 2.05) is 0 Å². The first-order valence-electron chi connectivity index (χ1n) is 7.54. The lowest BCUT2D eigenvalue weighted by Crippen LogP contribution is -2.44. The van der Waals surface area contributed by atoms with E-state index in [1.165, 1.54) is 13.2 Å². The average Bonchev–Trinajstić information content (AvgIpc) is 2.48. The average molecular weight is 316 g/mol. The number of benzene rings is 1. The minimum atomic E-state index is -4.33. The number of methoxy groups -OCH3 is 1. The number of nitrogens with zero attached hydrogens (tertiary/aromatic N) is 2. The molecule has 1 aromatic rings. The van der Waals surface area contributed by atoms with Gasteiger partial charge in [0.2, 0.25) is 0 Å². The summed E-state index contributed by atoms with van der Waals surface area (Å²) in [5.41, 5.74) is 0.0437. The topological polar surface area (TPSA) is 15.7 Å². The summed E-state index contributed by atoms with van der Waals surface area (Å²) in [6.45, 7) is 5.09. The number of hydrogen-bond acceptors (Lipinski definition) is 3. The molecular weight excluding hydrogens is 293 g/mol. The van der Waals surface area contributed by atoms with Crippen LogP contribution in [0.1, 0.15) is 17.5 Å². The predicted octanol–water partition coefficient (Wildman–Crippen LogP) is 2.89. The minimum Gasteiger partial charge on any atom is -0.497 e. The van der Waals surface area contributed by atoms with Crippen LogP contribution in [0, 0.1) is 0 Å². The fourth-order valence-electron chi connectivity index (χ4n) is 2.66. The maximum Gasteiger partial charge on any atom is 0.416 e. The Morgan fingerprint density at radius 2 is 1.77 bits per heavy atom. The van der Waals surface area contributed by atoms with Crippen LogP contribution in [-0.4, -0.2) is 56.7 Å². The molecule has 0 spiro atoms. The highest BCUT2D eigenvalue weighted by molar-refractivity contribution is 5.36. The van der Waals surface area contributed by atoms with Gasteiger partial charge in [-0.15, -0.1) is 0 Å². The van der Waals surface area contributed by atoms with Crippen LogP contribution < -0.4 is 4.74 Å². The van der Waals surface area contributed by atoms with Crippen molar-refractivity contribution in [2.75, 3.05) is 46.9 Å². The van der Waals surface area contributed by atoms with Crippen LogP contribution in [0.3, 0.4) is 0 Å². The quantitative estimate of drug-likeness (QED) is 0.831. The lowest BCUT2D eigenvalue weighted by atomic mass is 10.0. The van der Waals surface area contributed by atoms with Gasteiger partial charge in [0.1, 0.15) is 5.75 Å². The molecule has 0 aliphatic carbocycles. The van der Waals surface area contributed by atoms with Gasteiger partial charge in [-0.1, -0.05) is 0 Å². The third-order valence-corrected chi connectivity index (χ3v) is 4.07. The van der Waals surface area contributed by atoms with Crippen LogP contribution in [0.15, 0.2) is 18.2 Å². The summed E-state index contributed by atoms with van der Waals surface area (Å²) in [7, 11) is 3.50. The smallest absolute Gasteiger partial charge is 0.416 e. The molecular formula is C16H23F3N2O. The molecule has 0 N–H and O–H groups in total. The standard InChI is InChI=1S/C16H23F3N2O/c1-20-6-8-21(9-7-20)5-3-4-13-10-14(16(17,18)19)12-15(11-13)22-2/h10-12H,3-9H2,1-2H3. The largest absolute Gasteiger partial charge is 0.497 e. The number of aryl methyl sites for hydroxylation is 1. The molecule has 0 bridgehead atoms. The molecule has 1 aromatic carbocycles. The zero-order chi connectivity index (χ0) is 16.2. The van der Waals surface area contributed by atoms with Gasteiger partial charge in [-0.25, -0.2) is 0 Å². The monoisotopic (exact) mass is 316 g/mol. The van der Waals surface area contributed by atoms with Gasteiger partial charge in [0.05, 0.1) is 12.7 Å². The fraction of sp³-hybridized carbons (Fsp3) is 0.625. The Kier molecular flexibility index (Phi) is 5.69. The van der Waals surface area contributed by atoms with E-state index in [0.717, 1.165) is 45.2 Å². The number of rotatable bonds is 5. The van der Waals surface area contributed by atoms with E-state index in [0.29, 0.717) is 12.0 Å². The van der Waals surface area contributed by atoms with Crippen LogP contribution in [0.4, 0.5) is 13.2 Å². The first kappa shape index (κ1) is 17.1. The fourth-order valence-corrected chi connectivity index (χ4v) is 2.66. The van der Waals surface area contributed by atoms with Crippen molar-refractivity contribution in [3.8, 4) is 5.75 Å². The molecule has 22 heavy (non-hydrogen) atoms. The molecule has 0 unspecified atom stereocenters. The summed E-state index contributed by atoms with van der Waals surface area (Å²) >= 11 is 0. The first-order valence-corrected chi connectivity index (χ1v) is 7.54. The summed E-state index contributed by atoms with van der Waals surface area (Å²) in [4.78, 5) is 4.65. The van der Waals surface area contributed by atoms with Crippen LogP contribution in [-0.2, 0) is 12.6 Å². The number of ether oxygens (including phenoxy) is 1. The van der Waals surface area contributed by atoms with Gasteiger partial charge >= 0.3 is 6.18 Å². The van der Waals surface area contributed by atoms with E-state index in [4.69, 9.17) is 4.74 Å². The highest BCUT2D eigenvalue weighted by atomic mass is 19.4. The first-order chi connectivity index (χ1) is 10.4. The summed E-state index contributed by atoms with van der Waals surface area (Å²) in [5, 5.41) is 0. The number of piperazine rings is 1. The molecule has 0 amide bonds. The number of alkyl halides is 3. The van der Waals surface area contributed by atoms with Crippen molar-refractivity contribution in [3.05, 3.63) is 29.3 Å². The van der Waals surface area contributed by atoms with E-state index in [-0.39, 0.29) is 5.75 Å². The summed E-state index contributed by atoms with van der Waals surface area (Å²) < 4.78 is 43.6. The highest BCUT2D eigenvalue weighted by Crippen LogP contribution is 2.32. The lowest BCUT2D eigenvalue weighted by Gasteiger charge is -2.32. The molecule has 1 aliphatic rings. The summed E-state index contributed by atoms with van der Waals surface area (Å²) in [6.07, 6.45) is -2.85. The van der Waals surface area contributed by atoms with Gasteiger partial charge in [0.15, 0.2) is 0 Å². The Balaban J connectivity index is 1.92. The van der Waals surface area contributed by atoms with E-state index < -0.39 is 11.7 Å². The lowest BCUT2D eigenvalue weighted by molar-refractivity contribution is -0.137. The van der Waals surface area contributed by atoms with Crippen molar-refractivity contribution >= 4 is 0 Å². The Hall–Kier alpha value is -1.27. The molecule has 6 heteroatoms. The van der Waals surface area contributed by atoms with Gasteiger partial charge < -0.3 is 14.5 Å². The molecule has 1 fully saturated rings. The molecule has 3 nitrogen and oxygen atoms in total. The minimum absolute atomic E-state index is 0.268. The SMILES string of the molecule is COc1cc(CCCN2CCN(C)CC2)cc(C(F)(F)F)c1. The van der Waals surface area contributed by atoms with Crippen molar-refractivity contribution in [1.82, 2.24) is 9.80 Å². The van der Waals surface area contributed by atoms with Crippen LogP contribution in [0.2, 0.25) is 0 Å². The molecule has 0 aromatic heterocycles. The van der Waals surface area contributed by atoms with Crippen molar-refractivity contribution in [2.24, 2.45) is 0 Å². The van der Waals surface area contributed by atoms with Crippen molar-refractivity contribution < 1.29 is 17.9 Å². The van der Waals surface area contributed by atoms with E-state index in [1.54, 1.807) is 6.07 Å². The molecule has 124 valence electrons. The molecule has 0 atom stereocenters. The molecule has 2 rings (SSSR count). The zero-order valence-corrected chi connectivity index (χ0v) is 13.1. The van der Waals surface area contributed by atoms with E-state index in [9.17, 15) is 13.2 Å². The van der Waals surface area contributed by atoms with E-state index >= 15 is 0 Å². The molecule has 0 radical (unpaired) electrons. The maximum atomic E-state index is 12.9. The van der Waals surface area contributed by atoms with Crippen LogP contribution in [0.25, 0.3) is 0 Å². The summed E-state index contributed by atoms with van der Waals surface area (Å²) in [6, 6.07) is 3.97. The van der Waals surface area contributed by atoms with Crippen molar-refractivity contribution in [3.63, 3.8) is 0 Å². The normalized spacial score (nSPS) is 17.7. The molecule has 1 aliphatic heterocycles. The van der Waals surface area contributed by atoms with Crippen molar-refractivity contribution in [2.45, 2.75) is 19.0 Å². The maximum absolute atomic E-state index is 12.9. The molecule has 1 saturated heterocycles. The van der Waals surface area contributed by atoms with Crippen molar-refractivity contribution in [1.29, 1.82) is 0 Å². The Morgan fingerprint density at radius 3 is 2.36 bits per heavy atom. The van der Waals surface area contributed by atoms with Gasteiger partial charge in [-0.05, 0) is 50.2 Å². The second kappa shape index (κ2) is 7.33. The van der Waals surface area contributed by atoms with Gasteiger partial charge in [-0.3, -0.25) is 0 Å². The second-order valence-corrected chi connectivity index (χ2v) is 5.82. The molecule has 0 saturated carbocycles. The van der Waals surface area contributed by atoms with E-state index in [2.05, 4.69) is 16.8 Å². The third kappa shape index (κ3) is 4.88. The van der Waals surface area contributed by atoms with Crippen LogP contribution in [0.5, 0.6) is 5.75 Å². The molecule has 1 heterocycles. The van der Waals surface area contributed by atoms with Gasteiger partial charge in [0.25, 0.3) is 0 Å².